The van der Waals surface area contributed by atoms with Gasteiger partial charge in [0.1, 0.15) is 6.04 Å². The smallest absolute Gasteiger partial charge is 0.242 e. The summed E-state index contributed by atoms with van der Waals surface area (Å²) in [6.07, 6.45) is 2.53. The minimum absolute atomic E-state index is 0.0924. The second kappa shape index (κ2) is 6.59. The SMILES string of the molecule is CC(C)NC(=O)C(C)NC(=O)CNCC1CC1. The largest absolute Gasteiger partial charge is 0.352 e. The Morgan fingerprint density at radius 2 is 1.82 bits per heavy atom. The van der Waals surface area contributed by atoms with Crippen molar-refractivity contribution in [2.45, 2.75) is 45.7 Å². The average Bonchev–Trinajstić information content (AvgIpc) is 3.00. The molecule has 17 heavy (non-hydrogen) atoms. The van der Waals surface area contributed by atoms with Crippen molar-refractivity contribution in [2.24, 2.45) is 5.92 Å². The molecule has 0 aliphatic heterocycles. The van der Waals surface area contributed by atoms with E-state index in [4.69, 9.17) is 0 Å². The van der Waals surface area contributed by atoms with Gasteiger partial charge in [-0.3, -0.25) is 9.59 Å². The highest BCUT2D eigenvalue weighted by Crippen LogP contribution is 2.27. The lowest BCUT2D eigenvalue weighted by atomic mass is 10.2. The maximum Gasteiger partial charge on any atom is 0.242 e. The van der Waals surface area contributed by atoms with Gasteiger partial charge >= 0.3 is 0 Å². The summed E-state index contributed by atoms with van der Waals surface area (Å²) in [5.41, 5.74) is 0. The van der Waals surface area contributed by atoms with Gasteiger partial charge in [0.25, 0.3) is 0 Å². The average molecular weight is 241 g/mol. The van der Waals surface area contributed by atoms with Gasteiger partial charge in [-0.25, -0.2) is 0 Å². The van der Waals surface area contributed by atoms with Gasteiger partial charge in [0, 0.05) is 6.04 Å². The first-order valence-electron chi connectivity index (χ1n) is 6.29. The summed E-state index contributed by atoms with van der Waals surface area (Å²) in [7, 11) is 0. The molecule has 0 aromatic rings. The van der Waals surface area contributed by atoms with E-state index in [9.17, 15) is 9.59 Å². The van der Waals surface area contributed by atoms with Crippen LogP contribution in [0.25, 0.3) is 0 Å². The maximum absolute atomic E-state index is 11.5. The third-order valence-corrected chi connectivity index (χ3v) is 2.62. The molecule has 1 unspecified atom stereocenters. The third kappa shape index (κ3) is 6.26. The molecule has 2 amide bonds. The van der Waals surface area contributed by atoms with Gasteiger partial charge < -0.3 is 16.0 Å². The van der Waals surface area contributed by atoms with Crippen molar-refractivity contribution in [3.8, 4) is 0 Å². The van der Waals surface area contributed by atoms with E-state index in [1.54, 1.807) is 6.92 Å². The normalized spacial score (nSPS) is 16.7. The first-order chi connectivity index (χ1) is 7.99. The minimum atomic E-state index is -0.479. The van der Waals surface area contributed by atoms with Gasteiger partial charge in [0.15, 0.2) is 0 Å². The van der Waals surface area contributed by atoms with Crippen LogP contribution in [-0.4, -0.2) is 37.0 Å². The van der Waals surface area contributed by atoms with E-state index in [2.05, 4.69) is 16.0 Å². The number of carbonyl (C=O) groups excluding carboxylic acids is 2. The molecule has 0 radical (unpaired) electrons. The Labute approximate surface area is 103 Å². The second-order valence-corrected chi connectivity index (χ2v) is 5.03. The lowest BCUT2D eigenvalue weighted by Crippen LogP contribution is -2.48. The van der Waals surface area contributed by atoms with E-state index in [1.165, 1.54) is 12.8 Å². The molecule has 1 saturated carbocycles. The summed E-state index contributed by atoms with van der Waals surface area (Å²) in [5.74, 6) is 0.483. The Morgan fingerprint density at radius 1 is 1.18 bits per heavy atom. The Hall–Kier alpha value is -1.10. The van der Waals surface area contributed by atoms with Crippen molar-refractivity contribution in [1.82, 2.24) is 16.0 Å². The van der Waals surface area contributed by atoms with Crippen molar-refractivity contribution >= 4 is 11.8 Å². The Morgan fingerprint density at radius 3 is 2.35 bits per heavy atom. The summed E-state index contributed by atoms with van der Waals surface area (Å²) < 4.78 is 0. The summed E-state index contributed by atoms with van der Waals surface area (Å²) in [6.45, 7) is 6.67. The fourth-order valence-electron chi connectivity index (χ4n) is 1.48. The van der Waals surface area contributed by atoms with Crippen molar-refractivity contribution < 1.29 is 9.59 Å². The maximum atomic E-state index is 11.5. The van der Waals surface area contributed by atoms with Crippen molar-refractivity contribution in [1.29, 1.82) is 0 Å². The van der Waals surface area contributed by atoms with Crippen LogP contribution in [0, 0.1) is 5.92 Å². The number of hydrogen-bond donors (Lipinski definition) is 3. The monoisotopic (exact) mass is 241 g/mol. The molecular weight excluding hydrogens is 218 g/mol. The lowest BCUT2D eigenvalue weighted by Gasteiger charge is -2.16. The van der Waals surface area contributed by atoms with Crippen molar-refractivity contribution in [3.05, 3.63) is 0 Å². The molecule has 3 N–H and O–H groups in total. The van der Waals surface area contributed by atoms with E-state index in [1.807, 2.05) is 13.8 Å². The van der Waals surface area contributed by atoms with Gasteiger partial charge in [0.05, 0.1) is 6.54 Å². The highest BCUT2D eigenvalue weighted by molar-refractivity contribution is 5.88. The predicted molar refractivity (Wildman–Crippen MR) is 66.5 cm³/mol. The summed E-state index contributed by atoms with van der Waals surface area (Å²) >= 11 is 0. The van der Waals surface area contributed by atoms with Crippen LogP contribution in [0.15, 0.2) is 0 Å². The fourth-order valence-corrected chi connectivity index (χ4v) is 1.48. The molecule has 5 heteroatoms. The zero-order chi connectivity index (χ0) is 12.8. The quantitative estimate of drug-likeness (QED) is 0.588. The van der Waals surface area contributed by atoms with Crippen LogP contribution >= 0.6 is 0 Å². The van der Waals surface area contributed by atoms with Crippen LogP contribution in [0.4, 0.5) is 0 Å². The number of hydrogen-bond acceptors (Lipinski definition) is 3. The molecule has 98 valence electrons. The van der Waals surface area contributed by atoms with Crippen molar-refractivity contribution in [3.63, 3.8) is 0 Å². The van der Waals surface area contributed by atoms with Gasteiger partial charge in [0.2, 0.25) is 11.8 Å². The molecule has 0 aromatic heterocycles. The number of carbonyl (C=O) groups is 2. The van der Waals surface area contributed by atoms with Crippen LogP contribution in [0.5, 0.6) is 0 Å². The van der Waals surface area contributed by atoms with E-state index in [0.717, 1.165) is 12.5 Å². The predicted octanol–water partition coefficient (Wildman–Crippen LogP) is 0.0153. The molecule has 1 atom stereocenters. The van der Waals surface area contributed by atoms with Crippen LogP contribution in [-0.2, 0) is 9.59 Å². The van der Waals surface area contributed by atoms with E-state index < -0.39 is 6.04 Å². The van der Waals surface area contributed by atoms with Gasteiger partial charge in [-0.2, -0.15) is 0 Å². The van der Waals surface area contributed by atoms with E-state index in [0.29, 0.717) is 0 Å². The van der Waals surface area contributed by atoms with Crippen molar-refractivity contribution in [2.75, 3.05) is 13.1 Å². The molecule has 1 aliphatic carbocycles. The van der Waals surface area contributed by atoms with Crippen LogP contribution in [0.3, 0.4) is 0 Å². The Kier molecular flexibility index (Phi) is 5.41. The first-order valence-corrected chi connectivity index (χ1v) is 6.29. The molecule has 0 saturated heterocycles. The Bertz CT molecular complexity index is 275. The molecule has 0 aromatic carbocycles. The fraction of sp³-hybridized carbons (Fsp3) is 0.833. The standard InChI is InChI=1S/C12H23N3O2/c1-8(2)14-12(17)9(3)15-11(16)7-13-6-10-4-5-10/h8-10,13H,4-7H2,1-3H3,(H,14,17)(H,15,16). The molecule has 0 heterocycles. The highest BCUT2D eigenvalue weighted by atomic mass is 16.2. The van der Waals surface area contributed by atoms with Crippen LogP contribution < -0.4 is 16.0 Å². The highest BCUT2D eigenvalue weighted by Gasteiger charge is 2.21. The zero-order valence-electron chi connectivity index (χ0n) is 10.9. The molecule has 1 fully saturated rings. The second-order valence-electron chi connectivity index (χ2n) is 5.03. The minimum Gasteiger partial charge on any atom is -0.352 e. The van der Waals surface area contributed by atoms with Gasteiger partial charge in [-0.15, -0.1) is 0 Å². The molecule has 0 bridgehead atoms. The molecule has 5 nitrogen and oxygen atoms in total. The summed E-state index contributed by atoms with van der Waals surface area (Å²) in [6, 6.07) is -0.387. The van der Waals surface area contributed by atoms with E-state index >= 15 is 0 Å². The molecule has 1 aliphatic rings. The number of nitrogens with one attached hydrogen (secondary N) is 3. The zero-order valence-corrected chi connectivity index (χ0v) is 10.9. The molecular formula is C12H23N3O2. The molecule has 1 rings (SSSR count). The molecule has 0 spiro atoms. The topological polar surface area (TPSA) is 70.2 Å². The van der Waals surface area contributed by atoms with Crippen LogP contribution in [0.1, 0.15) is 33.6 Å². The third-order valence-electron chi connectivity index (χ3n) is 2.62. The van der Waals surface area contributed by atoms with Crippen LogP contribution in [0.2, 0.25) is 0 Å². The Balaban J connectivity index is 2.12. The first kappa shape index (κ1) is 14.0. The number of amides is 2. The number of rotatable bonds is 7. The van der Waals surface area contributed by atoms with Gasteiger partial charge in [-0.05, 0) is 46.1 Å². The lowest BCUT2D eigenvalue weighted by molar-refractivity contribution is -0.128. The summed E-state index contributed by atoms with van der Waals surface area (Å²) in [5, 5.41) is 8.51. The summed E-state index contributed by atoms with van der Waals surface area (Å²) in [4.78, 5) is 23.0. The van der Waals surface area contributed by atoms with E-state index in [-0.39, 0.29) is 24.4 Å². The van der Waals surface area contributed by atoms with Gasteiger partial charge in [-0.1, -0.05) is 0 Å².